The number of aliphatic carboxylic acids is 1. The van der Waals surface area contributed by atoms with E-state index in [1.165, 1.54) is 12.1 Å². The molecule has 0 heterocycles. The lowest BCUT2D eigenvalue weighted by atomic mass is 10.1. The predicted molar refractivity (Wildman–Crippen MR) is 49.6 cm³/mol. The van der Waals surface area contributed by atoms with Gasteiger partial charge >= 0.3 is 5.97 Å². The minimum absolute atomic E-state index is 0.160. The molecule has 18 heavy (non-hydrogen) atoms. The zero-order valence-electron chi connectivity index (χ0n) is 9.02. The fraction of sp³-hybridized carbons (Fsp3) is 0.222. The van der Waals surface area contributed by atoms with Crippen LogP contribution in [0.2, 0.25) is 0 Å². The number of hydrogen-bond acceptors (Lipinski definition) is 7. The summed E-state index contributed by atoms with van der Waals surface area (Å²) >= 11 is 0. The van der Waals surface area contributed by atoms with Crippen LogP contribution < -0.4 is 19.7 Å². The molecule has 0 aliphatic heterocycles. The Kier molecular flexibility index (Phi) is 6.55. The topological polar surface area (TPSA) is 173 Å². The lowest BCUT2D eigenvalue weighted by molar-refractivity contribution is -1.92. The van der Waals surface area contributed by atoms with E-state index in [9.17, 15) is 4.79 Å². The van der Waals surface area contributed by atoms with E-state index >= 15 is 0 Å². The number of carboxylic acid groups (broad SMARTS) is 1. The van der Waals surface area contributed by atoms with E-state index in [0.717, 1.165) is 5.56 Å². The number of carboxylic acids is 1. The van der Waals surface area contributed by atoms with Crippen molar-refractivity contribution >= 4 is 5.97 Å². The van der Waals surface area contributed by atoms with Crippen LogP contribution in [0.5, 0.6) is 5.75 Å². The van der Waals surface area contributed by atoms with Gasteiger partial charge < -0.3 is 15.9 Å². The quantitative estimate of drug-likeness (QED) is 0.436. The second-order valence-corrected chi connectivity index (χ2v) is 4.00. The van der Waals surface area contributed by atoms with Crippen LogP contribution in [-0.2, 0) is 11.2 Å². The first-order valence-corrected chi connectivity index (χ1v) is 5.75. The van der Waals surface area contributed by atoms with E-state index in [4.69, 9.17) is 34.6 Å². The number of hydrogen-bond donors (Lipinski definition) is 4. The first kappa shape index (κ1) is 16.6. The number of halogens is 1. The Hall–Kier alpha value is -1.42. The summed E-state index contributed by atoms with van der Waals surface area (Å²) < 4.78 is 32.7. The number of aromatic hydroxyl groups is 1. The molecule has 1 aromatic rings. The molecule has 0 bridgehead atoms. The Morgan fingerprint density at radius 2 is 1.67 bits per heavy atom. The Balaban J connectivity index is 0.000000494. The van der Waals surface area contributed by atoms with Gasteiger partial charge in [0.2, 0.25) is 0 Å². The van der Waals surface area contributed by atoms with E-state index < -0.39 is 22.3 Å². The van der Waals surface area contributed by atoms with Crippen molar-refractivity contribution in [2.24, 2.45) is 5.73 Å². The van der Waals surface area contributed by atoms with Gasteiger partial charge in [-0.15, -0.1) is 0 Å². The summed E-state index contributed by atoms with van der Waals surface area (Å²) in [4.78, 5) is 10.4. The molecule has 0 saturated carbocycles. The van der Waals surface area contributed by atoms with Crippen LogP contribution in [-0.4, -0.2) is 26.9 Å². The van der Waals surface area contributed by atoms with Crippen molar-refractivity contribution in [2.45, 2.75) is 12.5 Å². The summed E-state index contributed by atoms with van der Waals surface area (Å²) in [6.07, 6.45) is 0.273. The highest BCUT2D eigenvalue weighted by atomic mass is 35.7. The smallest absolute Gasteiger partial charge is 0.320 e. The maximum atomic E-state index is 10.4. The molecule has 0 saturated heterocycles. The molecule has 1 atom stereocenters. The second kappa shape index (κ2) is 7.11. The molecule has 0 radical (unpaired) electrons. The van der Waals surface area contributed by atoms with E-state index in [1.54, 1.807) is 12.1 Å². The van der Waals surface area contributed by atoms with Crippen LogP contribution in [0.1, 0.15) is 5.56 Å². The number of rotatable bonds is 3. The van der Waals surface area contributed by atoms with Crippen molar-refractivity contribution in [3.8, 4) is 5.75 Å². The molecule has 8 nitrogen and oxygen atoms in total. The van der Waals surface area contributed by atoms with E-state index in [-0.39, 0.29) is 12.2 Å². The Morgan fingerprint density at radius 3 is 2.00 bits per heavy atom. The molecule has 0 aromatic heterocycles. The Labute approximate surface area is 104 Å². The first-order valence-electron chi connectivity index (χ1n) is 4.49. The van der Waals surface area contributed by atoms with Crippen LogP contribution in [0.4, 0.5) is 0 Å². The van der Waals surface area contributed by atoms with Gasteiger partial charge in [-0.3, -0.25) is 4.79 Å². The standard InChI is InChI=1S/C9H11NO3.ClHO4/c10-8(9(12)13)5-6-1-3-7(11)4-2-6;2-1(3,4)5/h1-4,8,11H,5,10H2,(H,12,13);(H,2,3,4,5). The maximum absolute atomic E-state index is 10.4. The highest BCUT2D eigenvalue weighted by molar-refractivity contribution is 5.73. The molecular formula is C9H12ClNO7. The van der Waals surface area contributed by atoms with Crippen molar-refractivity contribution < 1.29 is 43.9 Å². The summed E-state index contributed by atoms with van der Waals surface area (Å²) in [5, 5.41) is 17.5. The monoisotopic (exact) mass is 281 g/mol. The van der Waals surface area contributed by atoms with Gasteiger partial charge in [0, 0.05) is 0 Å². The summed E-state index contributed by atoms with van der Waals surface area (Å²) in [6.45, 7) is 0. The van der Waals surface area contributed by atoms with Crippen molar-refractivity contribution in [3.05, 3.63) is 29.8 Å². The molecule has 0 fully saturated rings. The normalized spacial score (nSPS) is 12.3. The van der Waals surface area contributed by atoms with Crippen molar-refractivity contribution in [2.75, 3.05) is 0 Å². The van der Waals surface area contributed by atoms with E-state index in [2.05, 4.69) is 0 Å². The minimum Gasteiger partial charge on any atom is -0.508 e. The molecule has 0 aliphatic carbocycles. The molecular weight excluding hydrogens is 270 g/mol. The lowest BCUT2D eigenvalue weighted by Crippen LogP contribution is -2.58. The maximum Gasteiger partial charge on any atom is 0.320 e. The number of benzene rings is 1. The average molecular weight is 282 g/mol. The number of nitrogens with two attached hydrogens (primary N) is 1. The highest BCUT2D eigenvalue weighted by Crippen LogP contribution is 2.10. The van der Waals surface area contributed by atoms with Crippen LogP contribution >= 0.6 is 0 Å². The van der Waals surface area contributed by atoms with Crippen LogP contribution in [0.3, 0.4) is 0 Å². The van der Waals surface area contributed by atoms with Crippen LogP contribution in [0.15, 0.2) is 24.3 Å². The average Bonchev–Trinajstić information content (AvgIpc) is 2.18. The largest absolute Gasteiger partial charge is 0.508 e. The zero-order valence-corrected chi connectivity index (χ0v) is 9.78. The third kappa shape index (κ3) is 9.78. The summed E-state index contributed by atoms with van der Waals surface area (Å²) in [7, 11) is -4.69. The van der Waals surface area contributed by atoms with Gasteiger partial charge in [0.05, 0.1) is 14.9 Å². The third-order valence-electron chi connectivity index (χ3n) is 1.71. The SMILES string of the molecule is NC(Cc1ccc(O)cc1)C(=O)O.[O-][Cl+3]([O-])([O-])O. The minimum atomic E-state index is -4.69. The van der Waals surface area contributed by atoms with E-state index in [0.29, 0.717) is 0 Å². The molecule has 0 spiro atoms. The number of phenolic OH excluding ortho intramolecular Hbond substituents is 1. The molecule has 1 aromatic carbocycles. The number of carbonyl (C=O) groups is 1. The fourth-order valence-corrected chi connectivity index (χ4v) is 0.973. The molecule has 0 aliphatic rings. The first-order chi connectivity index (χ1) is 8.09. The van der Waals surface area contributed by atoms with Gasteiger partial charge in [0.1, 0.15) is 11.8 Å². The van der Waals surface area contributed by atoms with E-state index in [1.807, 2.05) is 0 Å². The van der Waals surface area contributed by atoms with Crippen molar-refractivity contribution in [1.82, 2.24) is 0 Å². The number of phenols is 1. The van der Waals surface area contributed by atoms with Gasteiger partial charge in [-0.1, -0.05) is 12.1 Å². The lowest BCUT2D eigenvalue weighted by Gasteiger charge is -2.05. The van der Waals surface area contributed by atoms with Gasteiger partial charge in [-0.25, -0.2) is 0 Å². The highest BCUT2D eigenvalue weighted by Gasteiger charge is 2.11. The molecule has 1 unspecified atom stereocenters. The Morgan fingerprint density at radius 1 is 1.28 bits per heavy atom. The van der Waals surface area contributed by atoms with Crippen LogP contribution in [0, 0.1) is 10.2 Å². The van der Waals surface area contributed by atoms with Gasteiger partial charge in [-0.2, -0.15) is 14.0 Å². The predicted octanol–water partition coefficient (Wildman–Crippen LogP) is -3.78. The van der Waals surface area contributed by atoms with Gasteiger partial charge in [0.15, 0.2) is 0 Å². The molecule has 1 rings (SSSR count). The Bertz CT molecular complexity index is 369. The molecule has 102 valence electrons. The third-order valence-corrected chi connectivity index (χ3v) is 1.71. The fourth-order valence-electron chi connectivity index (χ4n) is 0.973. The molecule has 0 amide bonds. The summed E-state index contributed by atoms with van der Waals surface area (Å²) in [5.74, 6) is -0.860. The van der Waals surface area contributed by atoms with Crippen molar-refractivity contribution in [1.29, 1.82) is 0 Å². The summed E-state index contributed by atoms with van der Waals surface area (Å²) in [6, 6.07) is 5.42. The van der Waals surface area contributed by atoms with Gasteiger partial charge in [-0.05, 0) is 24.1 Å². The zero-order chi connectivity index (χ0) is 14.3. The molecule has 5 N–H and O–H groups in total. The van der Waals surface area contributed by atoms with Gasteiger partial charge in [0.25, 0.3) is 0 Å². The van der Waals surface area contributed by atoms with Crippen molar-refractivity contribution in [3.63, 3.8) is 0 Å². The second-order valence-electron chi connectivity index (χ2n) is 3.21. The molecule has 9 heteroatoms. The summed E-state index contributed by atoms with van der Waals surface area (Å²) in [5.41, 5.74) is 6.12. The van der Waals surface area contributed by atoms with Crippen LogP contribution in [0.25, 0.3) is 0 Å².